The van der Waals surface area contributed by atoms with E-state index in [-0.39, 0.29) is 11.1 Å². The average molecular weight is 372 g/mol. The van der Waals surface area contributed by atoms with Crippen molar-refractivity contribution in [2.75, 3.05) is 6.16 Å². The van der Waals surface area contributed by atoms with E-state index < -0.39 is 7.92 Å². The summed E-state index contributed by atoms with van der Waals surface area (Å²) >= 11 is 0. The second kappa shape index (κ2) is 7.79. The van der Waals surface area contributed by atoms with Crippen LogP contribution in [-0.4, -0.2) is 11.9 Å². The van der Waals surface area contributed by atoms with E-state index in [0.29, 0.717) is 12.2 Å². The van der Waals surface area contributed by atoms with Gasteiger partial charge in [0.05, 0.1) is 5.16 Å². The van der Waals surface area contributed by atoms with Crippen LogP contribution in [0.25, 0.3) is 0 Å². The van der Waals surface area contributed by atoms with Gasteiger partial charge in [-0.2, -0.15) is 0 Å². The molecular formula is C25H25OP. The fraction of sp³-hybridized carbons (Fsp3) is 0.240. The minimum Gasteiger partial charge on any atom is -0.299 e. The molecule has 1 saturated heterocycles. The first-order valence-electron chi connectivity index (χ1n) is 9.75. The second-order valence-electron chi connectivity index (χ2n) is 7.15. The lowest BCUT2D eigenvalue weighted by molar-refractivity contribution is -0.123. The van der Waals surface area contributed by atoms with Crippen LogP contribution in [0.4, 0.5) is 0 Å². The maximum Gasteiger partial charge on any atom is 0.137 e. The molecule has 0 aliphatic carbocycles. The van der Waals surface area contributed by atoms with Crippen molar-refractivity contribution in [2.45, 2.75) is 24.9 Å². The van der Waals surface area contributed by atoms with E-state index in [1.807, 2.05) is 6.92 Å². The van der Waals surface area contributed by atoms with E-state index in [2.05, 4.69) is 91.0 Å². The summed E-state index contributed by atoms with van der Waals surface area (Å²) in [6, 6.07) is 32.4. The molecule has 0 bridgehead atoms. The molecule has 0 N–H and O–H groups in total. The third kappa shape index (κ3) is 3.05. The first-order valence-corrected chi connectivity index (χ1v) is 11.3. The number of benzene rings is 3. The van der Waals surface area contributed by atoms with E-state index >= 15 is 0 Å². The normalized spacial score (nSPS) is 21.1. The minimum absolute atomic E-state index is 0.0404. The standard InChI is InChI=1S/C25H25OP/c1-2-24(26)23-18-19-27(22-16-10-5-11-17-22)25(23,20-12-6-3-7-13-20)21-14-8-4-9-15-21/h3-17,23H,2,18-19H2,1H3. The molecule has 1 aliphatic heterocycles. The molecule has 0 amide bonds. The molecule has 1 nitrogen and oxygen atoms in total. The van der Waals surface area contributed by atoms with Gasteiger partial charge in [0.25, 0.3) is 0 Å². The molecule has 2 heteroatoms. The summed E-state index contributed by atoms with van der Waals surface area (Å²) in [4.78, 5) is 13.2. The second-order valence-corrected chi connectivity index (χ2v) is 9.67. The highest BCUT2D eigenvalue weighted by molar-refractivity contribution is 7.67. The molecular weight excluding hydrogens is 347 g/mol. The van der Waals surface area contributed by atoms with Gasteiger partial charge in [-0.05, 0) is 29.0 Å². The summed E-state index contributed by atoms with van der Waals surface area (Å²) in [5, 5.41) is 1.15. The Bertz CT molecular complexity index is 850. The smallest absolute Gasteiger partial charge is 0.137 e. The number of carbonyl (C=O) groups excluding carboxylic acids is 1. The Labute approximate surface area is 163 Å². The predicted octanol–water partition coefficient (Wildman–Crippen LogP) is 5.74. The maximum atomic E-state index is 13.2. The van der Waals surface area contributed by atoms with E-state index in [0.717, 1.165) is 12.6 Å². The van der Waals surface area contributed by atoms with E-state index in [1.165, 1.54) is 16.4 Å². The van der Waals surface area contributed by atoms with Gasteiger partial charge in [-0.3, -0.25) is 4.79 Å². The third-order valence-corrected chi connectivity index (χ3v) is 9.11. The number of hydrogen-bond donors (Lipinski definition) is 0. The van der Waals surface area contributed by atoms with Crippen molar-refractivity contribution < 1.29 is 4.79 Å². The molecule has 3 aromatic rings. The molecule has 1 fully saturated rings. The van der Waals surface area contributed by atoms with E-state index in [1.54, 1.807) is 0 Å². The van der Waals surface area contributed by atoms with Gasteiger partial charge in [0.1, 0.15) is 5.78 Å². The fourth-order valence-corrected chi connectivity index (χ4v) is 8.32. The number of carbonyl (C=O) groups is 1. The summed E-state index contributed by atoms with van der Waals surface area (Å²) < 4.78 is 0. The topological polar surface area (TPSA) is 17.1 Å². The van der Waals surface area contributed by atoms with Crippen LogP contribution in [-0.2, 0) is 9.95 Å². The van der Waals surface area contributed by atoms with Crippen LogP contribution in [0.1, 0.15) is 30.9 Å². The molecule has 2 unspecified atom stereocenters. The number of Topliss-reactive ketones (excluding diaryl/α,β-unsaturated/α-hetero) is 1. The van der Waals surface area contributed by atoms with Crippen LogP contribution in [0, 0.1) is 5.92 Å². The lowest BCUT2D eigenvalue weighted by atomic mass is 9.76. The molecule has 1 aliphatic rings. The summed E-state index contributed by atoms with van der Waals surface area (Å²) in [5.74, 6) is 0.433. The quantitative estimate of drug-likeness (QED) is 0.522. The van der Waals surface area contributed by atoms with Gasteiger partial charge in [-0.1, -0.05) is 106 Å². The predicted molar refractivity (Wildman–Crippen MR) is 115 cm³/mol. The highest BCUT2D eigenvalue weighted by atomic mass is 31.1. The lowest BCUT2D eigenvalue weighted by Gasteiger charge is -2.41. The Balaban J connectivity index is 2.01. The van der Waals surface area contributed by atoms with Crippen molar-refractivity contribution in [3.8, 4) is 0 Å². The molecule has 0 aromatic heterocycles. The van der Waals surface area contributed by atoms with Crippen molar-refractivity contribution in [3.63, 3.8) is 0 Å². The summed E-state index contributed by atoms with van der Waals surface area (Å²) in [6.07, 6.45) is 2.67. The fourth-order valence-electron chi connectivity index (χ4n) is 4.68. The van der Waals surface area contributed by atoms with Crippen molar-refractivity contribution in [1.82, 2.24) is 0 Å². The van der Waals surface area contributed by atoms with Gasteiger partial charge in [-0.15, -0.1) is 0 Å². The van der Waals surface area contributed by atoms with Gasteiger partial charge in [0.2, 0.25) is 0 Å². The largest absolute Gasteiger partial charge is 0.299 e. The van der Waals surface area contributed by atoms with Crippen LogP contribution in [0.2, 0.25) is 0 Å². The van der Waals surface area contributed by atoms with Gasteiger partial charge >= 0.3 is 0 Å². The van der Waals surface area contributed by atoms with Gasteiger partial charge in [-0.25, -0.2) is 0 Å². The highest BCUT2D eigenvalue weighted by Gasteiger charge is 2.54. The van der Waals surface area contributed by atoms with E-state index in [4.69, 9.17) is 0 Å². The molecule has 0 saturated carbocycles. The first-order chi connectivity index (χ1) is 13.3. The maximum absolute atomic E-state index is 13.2. The molecule has 136 valence electrons. The van der Waals surface area contributed by atoms with Crippen LogP contribution >= 0.6 is 7.92 Å². The monoisotopic (exact) mass is 372 g/mol. The Morgan fingerprint density at radius 1 is 0.852 bits per heavy atom. The SMILES string of the molecule is CCC(=O)C1CCP(c2ccccc2)C1(c1ccccc1)c1ccccc1. The molecule has 2 atom stereocenters. The first kappa shape index (κ1) is 18.1. The summed E-state index contributed by atoms with van der Waals surface area (Å²) in [6.45, 7) is 2.01. The van der Waals surface area contributed by atoms with Crippen molar-refractivity contribution in [2.24, 2.45) is 5.92 Å². The van der Waals surface area contributed by atoms with Gasteiger partial charge in [0.15, 0.2) is 0 Å². The van der Waals surface area contributed by atoms with Crippen molar-refractivity contribution >= 4 is 19.0 Å². The molecule has 3 aromatic carbocycles. The van der Waals surface area contributed by atoms with Crippen LogP contribution in [0.5, 0.6) is 0 Å². The van der Waals surface area contributed by atoms with E-state index in [9.17, 15) is 4.79 Å². The van der Waals surface area contributed by atoms with Crippen LogP contribution in [0.3, 0.4) is 0 Å². The zero-order chi connectivity index (χ0) is 18.7. The molecule has 27 heavy (non-hydrogen) atoms. The number of rotatable bonds is 5. The van der Waals surface area contributed by atoms with Gasteiger partial charge in [0, 0.05) is 12.3 Å². The van der Waals surface area contributed by atoms with Crippen LogP contribution in [0.15, 0.2) is 91.0 Å². The van der Waals surface area contributed by atoms with Crippen molar-refractivity contribution in [1.29, 1.82) is 0 Å². The highest BCUT2D eigenvalue weighted by Crippen LogP contribution is 2.68. The zero-order valence-corrected chi connectivity index (χ0v) is 16.6. The number of hydrogen-bond acceptors (Lipinski definition) is 1. The van der Waals surface area contributed by atoms with Gasteiger partial charge < -0.3 is 0 Å². The van der Waals surface area contributed by atoms with Crippen LogP contribution < -0.4 is 5.30 Å². The average Bonchev–Trinajstić information content (AvgIpc) is 3.16. The molecule has 0 spiro atoms. The summed E-state index contributed by atoms with van der Waals surface area (Å²) in [7, 11) is -0.539. The molecule has 4 rings (SSSR count). The number of ketones is 1. The Morgan fingerprint density at radius 2 is 1.33 bits per heavy atom. The Kier molecular flexibility index (Phi) is 5.23. The lowest BCUT2D eigenvalue weighted by Crippen LogP contribution is -2.37. The molecule has 0 radical (unpaired) electrons. The van der Waals surface area contributed by atoms with Crippen molar-refractivity contribution in [3.05, 3.63) is 102 Å². The minimum atomic E-state index is -0.539. The zero-order valence-electron chi connectivity index (χ0n) is 15.7. The Morgan fingerprint density at radius 3 is 1.81 bits per heavy atom. The Hall–Kier alpha value is -2.24. The third-order valence-electron chi connectivity index (χ3n) is 5.80. The molecule has 1 heterocycles. The summed E-state index contributed by atoms with van der Waals surface area (Å²) in [5.41, 5.74) is 2.57.